The molecule has 0 saturated carbocycles. The standard InChI is InChI=1S/C15H24N2O3/c1-6-20-12-7-8-13(11(2)9-12)16-14(18)17-15(3,4)10-19-5/h7-9H,6,10H2,1-5H3,(H2,16,17,18). The second-order valence-electron chi connectivity index (χ2n) is 5.31. The van der Waals surface area contributed by atoms with E-state index >= 15 is 0 Å². The Bertz CT molecular complexity index is 458. The van der Waals surface area contributed by atoms with Gasteiger partial charge in [0.05, 0.1) is 18.8 Å². The molecule has 0 radical (unpaired) electrons. The fraction of sp³-hybridized carbons (Fsp3) is 0.533. The fourth-order valence-corrected chi connectivity index (χ4v) is 1.89. The summed E-state index contributed by atoms with van der Waals surface area (Å²) in [5, 5.41) is 5.70. The van der Waals surface area contributed by atoms with Gasteiger partial charge in [0.2, 0.25) is 0 Å². The fourth-order valence-electron chi connectivity index (χ4n) is 1.89. The van der Waals surface area contributed by atoms with Gasteiger partial charge in [0, 0.05) is 12.8 Å². The highest BCUT2D eigenvalue weighted by Gasteiger charge is 2.20. The molecule has 0 aliphatic heterocycles. The largest absolute Gasteiger partial charge is 0.494 e. The van der Waals surface area contributed by atoms with Crippen molar-refractivity contribution in [3.05, 3.63) is 23.8 Å². The maximum Gasteiger partial charge on any atom is 0.319 e. The van der Waals surface area contributed by atoms with Crippen molar-refractivity contribution < 1.29 is 14.3 Å². The zero-order valence-corrected chi connectivity index (χ0v) is 12.9. The Morgan fingerprint density at radius 1 is 1.35 bits per heavy atom. The predicted molar refractivity (Wildman–Crippen MR) is 80.5 cm³/mol. The number of benzene rings is 1. The van der Waals surface area contributed by atoms with Crippen LogP contribution >= 0.6 is 0 Å². The number of rotatable bonds is 6. The maximum atomic E-state index is 12.0. The molecular weight excluding hydrogens is 256 g/mol. The molecule has 0 unspecified atom stereocenters. The summed E-state index contributed by atoms with van der Waals surface area (Å²) in [7, 11) is 1.61. The Morgan fingerprint density at radius 3 is 2.60 bits per heavy atom. The number of anilines is 1. The lowest BCUT2D eigenvalue weighted by molar-refractivity contribution is 0.133. The molecule has 2 amide bonds. The van der Waals surface area contributed by atoms with Gasteiger partial charge in [-0.3, -0.25) is 0 Å². The molecule has 0 bridgehead atoms. The molecule has 2 N–H and O–H groups in total. The zero-order valence-electron chi connectivity index (χ0n) is 12.9. The number of nitrogens with one attached hydrogen (secondary N) is 2. The third-order valence-electron chi connectivity index (χ3n) is 2.71. The molecule has 5 nitrogen and oxygen atoms in total. The first-order chi connectivity index (χ1) is 9.38. The van der Waals surface area contributed by atoms with Crippen molar-refractivity contribution in [1.29, 1.82) is 0 Å². The van der Waals surface area contributed by atoms with Crippen LogP contribution in [-0.2, 0) is 4.74 Å². The number of hydrogen-bond donors (Lipinski definition) is 2. The number of aryl methyl sites for hydroxylation is 1. The summed E-state index contributed by atoms with van der Waals surface area (Å²) < 4.78 is 10.5. The summed E-state index contributed by atoms with van der Waals surface area (Å²) in [6, 6.07) is 5.33. The molecular formula is C15H24N2O3. The van der Waals surface area contributed by atoms with Crippen LogP contribution in [0.2, 0.25) is 0 Å². The topological polar surface area (TPSA) is 59.6 Å². The van der Waals surface area contributed by atoms with E-state index in [0.717, 1.165) is 17.0 Å². The molecule has 1 aromatic rings. The van der Waals surface area contributed by atoms with Crippen molar-refractivity contribution in [3.63, 3.8) is 0 Å². The number of carbonyl (C=O) groups excluding carboxylic acids is 1. The summed E-state index contributed by atoms with van der Waals surface area (Å²) >= 11 is 0. The molecule has 112 valence electrons. The monoisotopic (exact) mass is 280 g/mol. The first kappa shape index (κ1) is 16.3. The molecule has 20 heavy (non-hydrogen) atoms. The molecule has 0 saturated heterocycles. The van der Waals surface area contributed by atoms with Crippen LogP contribution in [0.25, 0.3) is 0 Å². The van der Waals surface area contributed by atoms with E-state index in [4.69, 9.17) is 9.47 Å². The van der Waals surface area contributed by atoms with Crippen molar-refractivity contribution in [2.45, 2.75) is 33.2 Å². The average molecular weight is 280 g/mol. The van der Waals surface area contributed by atoms with Crippen LogP contribution in [0.1, 0.15) is 26.3 Å². The SMILES string of the molecule is CCOc1ccc(NC(=O)NC(C)(C)COC)c(C)c1. The van der Waals surface area contributed by atoms with Crippen molar-refractivity contribution in [2.75, 3.05) is 25.6 Å². The number of amides is 2. The van der Waals surface area contributed by atoms with Gasteiger partial charge in [-0.1, -0.05) is 0 Å². The smallest absolute Gasteiger partial charge is 0.319 e. The van der Waals surface area contributed by atoms with Crippen LogP contribution in [0.4, 0.5) is 10.5 Å². The van der Waals surface area contributed by atoms with E-state index in [9.17, 15) is 4.79 Å². The maximum absolute atomic E-state index is 12.0. The second-order valence-corrected chi connectivity index (χ2v) is 5.31. The highest BCUT2D eigenvalue weighted by atomic mass is 16.5. The van der Waals surface area contributed by atoms with Crippen LogP contribution < -0.4 is 15.4 Å². The Kier molecular flexibility index (Phi) is 5.82. The zero-order chi connectivity index (χ0) is 15.2. The van der Waals surface area contributed by atoms with Gasteiger partial charge >= 0.3 is 6.03 Å². The summed E-state index contributed by atoms with van der Waals surface area (Å²) in [5.74, 6) is 0.802. The van der Waals surface area contributed by atoms with E-state index in [-0.39, 0.29) is 6.03 Å². The van der Waals surface area contributed by atoms with Gasteiger partial charge in [0.25, 0.3) is 0 Å². The van der Waals surface area contributed by atoms with Gasteiger partial charge in [0.15, 0.2) is 0 Å². The lowest BCUT2D eigenvalue weighted by atomic mass is 10.1. The Balaban J connectivity index is 2.66. The molecule has 5 heteroatoms. The molecule has 1 aromatic carbocycles. The van der Waals surface area contributed by atoms with Gasteiger partial charge in [-0.15, -0.1) is 0 Å². The first-order valence-corrected chi connectivity index (χ1v) is 6.69. The van der Waals surface area contributed by atoms with E-state index in [2.05, 4.69) is 10.6 Å². The van der Waals surface area contributed by atoms with Crippen LogP contribution in [0.3, 0.4) is 0 Å². The quantitative estimate of drug-likeness (QED) is 0.842. The molecule has 0 spiro atoms. The molecule has 0 heterocycles. The predicted octanol–water partition coefficient (Wildman–Crippen LogP) is 2.94. The molecule has 0 atom stereocenters. The van der Waals surface area contributed by atoms with Gasteiger partial charge in [-0.2, -0.15) is 0 Å². The second kappa shape index (κ2) is 7.14. The Morgan fingerprint density at radius 2 is 2.05 bits per heavy atom. The summed E-state index contributed by atoms with van der Waals surface area (Å²) in [5.41, 5.74) is 1.30. The summed E-state index contributed by atoms with van der Waals surface area (Å²) in [6.07, 6.45) is 0. The van der Waals surface area contributed by atoms with E-state index < -0.39 is 5.54 Å². The number of carbonyl (C=O) groups is 1. The molecule has 0 aliphatic carbocycles. The normalized spacial score (nSPS) is 11.1. The highest BCUT2D eigenvalue weighted by molar-refractivity contribution is 5.90. The molecule has 0 fully saturated rings. The Hall–Kier alpha value is -1.75. The summed E-state index contributed by atoms with van der Waals surface area (Å²) in [4.78, 5) is 12.0. The third-order valence-corrected chi connectivity index (χ3v) is 2.71. The molecule has 0 aromatic heterocycles. The van der Waals surface area contributed by atoms with E-state index in [1.54, 1.807) is 7.11 Å². The van der Waals surface area contributed by atoms with Crippen LogP contribution in [0.15, 0.2) is 18.2 Å². The summed E-state index contributed by atoms with van der Waals surface area (Å²) in [6.45, 7) is 8.74. The Labute approximate surface area is 120 Å². The number of ether oxygens (including phenoxy) is 2. The first-order valence-electron chi connectivity index (χ1n) is 6.69. The van der Waals surface area contributed by atoms with Crippen LogP contribution in [0.5, 0.6) is 5.75 Å². The van der Waals surface area contributed by atoms with Crippen LogP contribution in [-0.4, -0.2) is 31.9 Å². The van der Waals surface area contributed by atoms with Crippen LogP contribution in [0, 0.1) is 6.92 Å². The minimum absolute atomic E-state index is 0.251. The van der Waals surface area contributed by atoms with Gasteiger partial charge in [-0.05, 0) is 51.5 Å². The van der Waals surface area contributed by atoms with E-state index in [1.165, 1.54) is 0 Å². The van der Waals surface area contributed by atoms with Gasteiger partial charge < -0.3 is 20.1 Å². The van der Waals surface area contributed by atoms with Gasteiger partial charge in [-0.25, -0.2) is 4.79 Å². The number of urea groups is 1. The minimum atomic E-state index is -0.419. The number of methoxy groups -OCH3 is 1. The van der Waals surface area contributed by atoms with Crippen molar-refractivity contribution >= 4 is 11.7 Å². The molecule has 1 rings (SSSR count). The highest BCUT2D eigenvalue weighted by Crippen LogP contribution is 2.21. The van der Waals surface area contributed by atoms with Crippen molar-refractivity contribution in [3.8, 4) is 5.75 Å². The van der Waals surface area contributed by atoms with E-state index in [0.29, 0.717) is 13.2 Å². The lowest BCUT2D eigenvalue weighted by Gasteiger charge is -2.25. The van der Waals surface area contributed by atoms with E-state index in [1.807, 2.05) is 45.9 Å². The third kappa shape index (κ3) is 5.09. The molecule has 0 aliphatic rings. The van der Waals surface area contributed by atoms with Gasteiger partial charge in [0.1, 0.15) is 5.75 Å². The van der Waals surface area contributed by atoms with Crippen molar-refractivity contribution in [2.24, 2.45) is 0 Å². The average Bonchev–Trinajstić information content (AvgIpc) is 2.32. The lowest BCUT2D eigenvalue weighted by Crippen LogP contribution is -2.48. The number of hydrogen-bond acceptors (Lipinski definition) is 3. The minimum Gasteiger partial charge on any atom is -0.494 e. The van der Waals surface area contributed by atoms with Crippen molar-refractivity contribution in [1.82, 2.24) is 5.32 Å².